The Kier molecular flexibility index (Phi) is 3.65. The first kappa shape index (κ1) is 15.0. The second kappa shape index (κ2) is 5.83. The molecule has 2 aliphatic rings. The Morgan fingerprint density at radius 1 is 1.17 bits per heavy atom. The number of methoxy groups -OCH3 is 1. The maximum Gasteiger partial charge on any atom is 0.230 e. The molecule has 1 fully saturated rings. The van der Waals surface area contributed by atoms with E-state index in [2.05, 4.69) is 10.6 Å². The number of fused-ring (bicyclic) bond motifs is 2. The fourth-order valence-electron chi connectivity index (χ4n) is 3.34. The van der Waals surface area contributed by atoms with E-state index in [1.807, 2.05) is 49.4 Å². The number of para-hydroxylation sites is 1. The Bertz CT molecular complexity index is 773. The molecule has 3 unspecified atom stereocenters. The maximum atomic E-state index is 12.6. The van der Waals surface area contributed by atoms with Gasteiger partial charge in [-0.3, -0.25) is 10.1 Å². The van der Waals surface area contributed by atoms with Crippen molar-refractivity contribution in [2.24, 2.45) is 5.92 Å². The highest BCUT2D eigenvalue weighted by molar-refractivity contribution is 5.81. The molecule has 2 aliphatic heterocycles. The number of carbonyl (C=O) groups excluding carboxylic acids is 1. The van der Waals surface area contributed by atoms with Gasteiger partial charge in [0.15, 0.2) is 17.7 Å². The van der Waals surface area contributed by atoms with E-state index < -0.39 is 0 Å². The zero-order valence-electron chi connectivity index (χ0n) is 13.7. The van der Waals surface area contributed by atoms with Crippen LogP contribution in [0.1, 0.15) is 22.9 Å². The molecule has 2 heterocycles. The summed E-state index contributed by atoms with van der Waals surface area (Å²) in [6.07, 6.45) is 0.0147. The van der Waals surface area contributed by atoms with Crippen LogP contribution in [0.2, 0.25) is 0 Å². The topological polar surface area (TPSA) is 59.6 Å². The number of nitrogens with one attached hydrogen (secondary N) is 2. The lowest BCUT2D eigenvalue weighted by atomic mass is 9.90. The minimum atomic E-state index is -0.367. The molecule has 4 rings (SSSR count). The zero-order chi connectivity index (χ0) is 16.7. The van der Waals surface area contributed by atoms with Crippen molar-refractivity contribution < 1.29 is 14.3 Å². The second-order valence-corrected chi connectivity index (χ2v) is 6.32. The molecule has 24 heavy (non-hydrogen) atoms. The smallest absolute Gasteiger partial charge is 0.230 e. The zero-order valence-corrected chi connectivity index (χ0v) is 13.7. The van der Waals surface area contributed by atoms with Gasteiger partial charge in [0.25, 0.3) is 0 Å². The van der Waals surface area contributed by atoms with Crippen LogP contribution >= 0.6 is 0 Å². The van der Waals surface area contributed by atoms with Crippen LogP contribution in [0.5, 0.6) is 11.5 Å². The highest BCUT2D eigenvalue weighted by Crippen LogP contribution is 2.39. The monoisotopic (exact) mass is 324 g/mol. The molecule has 124 valence electrons. The van der Waals surface area contributed by atoms with E-state index in [9.17, 15) is 4.79 Å². The standard InChI is InChI=1S/C19H20N2O3/c1-11-6-8-12(9-7-11)17-20-18(22)14-10-13-4-3-5-15(23-2)16(13)24-19(14)21-17/h3-9,14,17,19,21H,10H2,1-2H3,(H,20,22). The van der Waals surface area contributed by atoms with Gasteiger partial charge in [0, 0.05) is 0 Å². The first-order valence-electron chi connectivity index (χ1n) is 8.11. The van der Waals surface area contributed by atoms with Crippen LogP contribution in [0, 0.1) is 12.8 Å². The fourth-order valence-corrected chi connectivity index (χ4v) is 3.34. The Labute approximate surface area is 141 Å². The lowest BCUT2D eigenvalue weighted by Gasteiger charge is -2.41. The number of rotatable bonds is 2. The Balaban J connectivity index is 1.62. The summed E-state index contributed by atoms with van der Waals surface area (Å²) in [5.41, 5.74) is 3.20. The SMILES string of the molecule is COc1cccc2c1OC1NC(c3ccc(C)cc3)NC(=O)C1C2. The second-order valence-electron chi connectivity index (χ2n) is 6.32. The van der Waals surface area contributed by atoms with Crippen molar-refractivity contribution in [2.45, 2.75) is 25.7 Å². The molecule has 0 spiro atoms. The van der Waals surface area contributed by atoms with Gasteiger partial charge < -0.3 is 14.8 Å². The number of aryl methyl sites for hydroxylation is 1. The number of amides is 1. The van der Waals surface area contributed by atoms with E-state index in [1.54, 1.807) is 7.11 Å². The van der Waals surface area contributed by atoms with Gasteiger partial charge in [-0.1, -0.05) is 42.0 Å². The van der Waals surface area contributed by atoms with E-state index in [1.165, 1.54) is 5.56 Å². The third kappa shape index (κ3) is 2.51. The van der Waals surface area contributed by atoms with Crippen molar-refractivity contribution >= 4 is 5.91 Å². The van der Waals surface area contributed by atoms with E-state index in [4.69, 9.17) is 9.47 Å². The molecule has 5 heteroatoms. The molecule has 0 radical (unpaired) electrons. The Morgan fingerprint density at radius 3 is 2.71 bits per heavy atom. The molecule has 0 aliphatic carbocycles. The van der Waals surface area contributed by atoms with E-state index in [0.29, 0.717) is 12.2 Å². The summed E-state index contributed by atoms with van der Waals surface area (Å²) in [5.74, 6) is 1.20. The van der Waals surface area contributed by atoms with Gasteiger partial charge >= 0.3 is 0 Å². The quantitative estimate of drug-likeness (QED) is 0.890. The summed E-state index contributed by atoms with van der Waals surface area (Å²) in [6.45, 7) is 2.04. The average Bonchev–Trinajstić information content (AvgIpc) is 2.60. The minimum absolute atomic E-state index is 0.0118. The molecule has 0 bridgehead atoms. The number of hydrogen-bond donors (Lipinski definition) is 2. The van der Waals surface area contributed by atoms with E-state index >= 15 is 0 Å². The summed E-state index contributed by atoms with van der Waals surface area (Å²) in [5, 5.41) is 6.45. The van der Waals surface area contributed by atoms with Crippen LogP contribution < -0.4 is 20.1 Å². The van der Waals surface area contributed by atoms with E-state index in [0.717, 1.165) is 16.9 Å². The van der Waals surface area contributed by atoms with E-state index in [-0.39, 0.29) is 24.2 Å². The third-order valence-corrected chi connectivity index (χ3v) is 4.70. The largest absolute Gasteiger partial charge is 0.493 e. The van der Waals surface area contributed by atoms with Gasteiger partial charge in [0.2, 0.25) is 5.91 Å². The van der Waals surface area contributed by atoms with Gasteiger partial charge in [0.05, 0.1) is 13.0 Å². The van der Waals surface area contributed by atoms with Crippen LogP contribution in [0.4, 0.5) is 0 Å². The average molecular weight is 324 g/mol. The molecule has 1 saturated heterocycles. The predicted molar refractivity (Wildman–Crippen MR) is 89.8 cm³/mol. The summed E-state index contributed by atoms with van der Waals surface area (Å²) < 4.78 is 11.5. The number of benzene rings is 2. The molecular formula is C19H20N2O3. The van der Waals surface area contributed by atoms with Crippen LogP contribution in [-0.2, 0) is 11.2 Å². The Morgan fingerprint density at radius 2 is 1.96 bits per heavy atom. The van der Waals surface area contributed by atoms with Crippen molar-refractivity contribution in [2.75, 3.05) is 7.11 Å². The highest BCUT2D eigenvalue weighted by atomic mass is 16.5. The molecule has 0 saturated carbocycles. The number of ether oxygens (including phenoxy) is 2. The van der Waals surface area contributed by atoms with Crippen molar-refractivity contribution in [3.05, 3.63) is 59.2 Å². The molecule has 5 nitrogen and oxygen atoms in total. The highest BCUT2D eigenvalue weighted by Gasteiger charge is 2.42. The summed E-state index contributed by atoms with van der Waals surface area (Å²) >= 11 is 0. The van der Waals surface area contributed by atoms with Crippen molar-refractivity contribution in [1.82, 2.24) is 10.6 Å². The Hall–Kier alpha value is -2.53. The number of carbonyl (C=O) groups is 1. The molecule has 1 amide bonds. The van der Waals surface area contributed by atoms with Gasteiger partial charge in [-0.15, -0.1) is 0 Å². The minimum Gasteiger partial charge on any atom is -0.493 e. The maximum absolute atomic E-state index is 12.6. The summed E-state index contributed by atoms with van der Waals surface area (Å²) in [7, 11) is 1.63. The van der Waals surface area contributed by atoms with Gasteiger partial charge in [-0.25, -0.2) is 0 Å². The fraction of sp³-hybridized carbons (Fsp3) is 0.316. The van der Waals surface area contributed by atoms with Crippen LogP contribution in [0.3, 0.4) is 0 Å². The molecule has 0 aromatic heterocycles. The first-order chi connectivity index (χ1) is 11.7. The van der Waals surface area contributed by atoms with Gasteiger partial charge in [-0.05, 0) is 30.5 Å². The van der Waals surface area contributed by atoms with Crippen molar-refractivity contribution in [3.63, 3.8) is 0 Å². The van der Waals surface area contributed by atoms with Crippen LogP contribution in [0.25, 0.3) is 0 Å². The number of hydrogen-bond acceptors (Lipinski definition) is 4. The van der Waals surface area contributed by atoms with Crippen LogP contribution in [0.15, 0.2) is 42.5 Å². The molecule has 2 aromatic rings. The van der Waals surface area contributed by atoms with Crippen LogP contribution in [-0.4, -0.2) is 19.2 Å². The summed E-state index contributed by atoms with van der Waals surface area (Å²) in [4.78, 5) is 12.6. The van der Waals surface area contributed by atoms with Crippen molar-refractivity contribution in [1.29, 1.82) is 0 Å². The third-order valence-electron chi connectivity index (χ3n) is 4.70. The first-order valence-corrected chi connectivity index (χ1v) is 8.11. The van der Waals surface area contributed by atoms with Gasteiger partial charge in [0.1, 0.15) is 6.17 Å². The molecule has 2 N–H and O–H groups in total. The lowest BCUT2D eigenvalue weighted by Crippen LogP contribution is -2.60. The molecular weight excluding hydrogens is 304 g/mol. The summed E-state index contributed by atoms with van der Waals surface area (Å²) in [6, 6.07) is 13.9. The molecule has 3 atom stereocenters. The molecule has 2 aromatic carbocycles. The lowest BCUT2D eigenvalue weighted by molar-refractivity contribution is -0.135. The predicted octanol–water partition coefficient (Wildman–Crippen LogP) is 2.30. The normalized spacial score (nSPS) is 25.1. The van der Waals surface area contributed by atoms with Crippen molar-refractivity contribution in [3.8, 4) is 11.5 Å². The van der Waals surface area contributed by atoms with Gasteiger partial charge in [-0.2, -0.15) is 0 Å².